The Morgan fingerprint density at radius 1 is 0.565 bits per heavy atom. The van der Waals surface area contributed by atoms with Crippen LogP contribution in [0.2, 0.25) is 0 Å². The summed E-state index contributed by atoms with van der Waals surface area (Å²) in [6.07, 6.45) is 2.20. The van der Waals surface area contributed by atoms with E-state index in [-0.39, 0.29) is 0 Å². The van der Waals surface area contributed by atoms with Gasteiger partial charge in [0.1, 0.15) is 0 Å². The van der Waals surface area contributed by atoms with E-state index in [1.165, 1.54) is 50.1 Å². The number of benzene rings is 3. The minimum absolute atomic E-state index is 1.10. The Balaban J connectivity index is 1.75. The van der Waals surface area contributed by atoms with Crippen molar-refractivity contribution in [3.05, 3.63) is 81.4 Å². The fraction of sp³-hybridized carbons (Fsp3) is 0.217. The number of hydrogen-bond acceptors (Lipinski definition) is 0. The van der Waals surface area contributed by atoms with E-state index < -0.39 is 0 Å². The first-order valence-corrected chi connectivity index (χ1v) is 8.47. The van der Waals surface area contributed by atoms with Gasteiger partial charge < -0.3 is 0 Å². The number of aryl methyl sites for hydroxylation is 3. The van der Waals surface area contributed by atoms with Crippen molar-refractivity contribution in [1.82, 2.24) is 0 Å². The van der Waals surface area contributed by atoms with Crippen molar-refractivity contribution in [2.45, 2.75) is 33.6 Å². The summed E-state index contributed by atoms with van der Waals surface area (Å²) in [6.45, 7) is 6.65. The van der Waals surface area contributed by atoms with Gasteiger partial charge in [0.15, 0.2) is 0 Å². The van der Waals surface area contributed by atoms with E-state index in [1.54, 1.807) is 11.1 Å². The summed E-state index contributed by atoms with van der Waals surface area (Å²) in [4.78, 5) is 0. The van der Waals surface area contributed by atoms with Gasteiger partial charge >= 0.3 is 0 Å². The Labute approximate surface area is 137 Å². The molecule has 0 atom stereocenters. The van der Waals surface area contributed by atoms with Crippen LogP contribution in [0.4, 0.5) is 0 Å². The van der Waals surface area contributed by atoms with Crippen LogP contribution in [0.5, 0.6) is 0 Å². The lowest BCUT2D eigenvalue weighted by Gasteiger charge is -2.08. The molecule has 5 rings (SSSR count). The van der Waals surface area contributed by atoms with Crippen LogP contribution in [0, 0.1) is 20.8 Å². The number of fused-ring (bicyclic) bond motifs is 7. The summed E-state index contributed by atoms with van der Waals surface area (Å²) < 4.78 is 0. The molecule has 0 nitrogen and oxygen atoms in total. The van der Waals surface area contributed by atoms with Gasteiger partial charge in [-0.1, -0.05) is 53.6 Å². The van der Waals surface area contributed by atoms with E-state index in [0.29, 0.717) is 0 Å². The first-order valence-electron chi connectivity index (χ1n) is 8.47. The predicted molar refractivity (Wildman–Crippen MR) is 97.1 cm³/mol. The Kier molecular flexibility index (Phi) is 2.48. The van der Waals surface area contributed by atoms with Gasteiger partial charge in [0, 0.05) is 0 Å². The lowest BCUT2D eigenvalue weighted by molar-refractivity contribution is 1.14. The molecule has 0 spiro atoms. The number of hydrogen-bond donors (Lipinski definition) is 0. The van der Waals surface area contributed by atoms with Crippen molar-refractivity contribution >= 4 is 0 Å². The molecule has 0 saturated carbocycles. The van der Waals surface area contributed by atoms with Crippen molar-refractivity contribution in [3.8, 4) is 22.3 Å². The highest BCUT2D eigenvalue weighted by molar-refractivity contribution is 5.87. The number of rotatable bonds is 0. The zero-order valence-corrected chi connectivity index (χ0v) is 14.0. The van der Waals surface area contributed by atoms with Crippen molar-refractivity contribution in [2.24, 2.45) is 0 Å². The van der Waals surface area contributed by atoms with Crippen LogP contribution in [0.25, 0.3) is 22.3 Å². The van der Waals surface area contributed by atoms with Crippen LogP contribution in [-0.2, 0) is 12.8 Å². The van der Waals surface area contributed by atoms with E-state index in [2.05, 4.69) is 63.2 Å². The van der Waals surface area contributed by atoms with Crippen molar-refractivity contribution in [2.75, 3.05) is 0 Å². The second-order valence-corrected chi connectivity index (χ2v) is 7.24. The van der Waals surface area contributed by atoms with Crippen LogP contribution in [-0.4, -0.2) is 0 Å². The highest BCUT2D eigenvalue weighted by Crippen LogP contribution is 2.47. The van der Waals surface area contributed by atoms with Crippen molar-refractivity contribution in [1.29, 1.82) is 0 Å². The summed E-state index contributed by atoms with van der Waals surface area (Å²) in [5.74, 6) is 0. The first-order chi connectivity index (χ1) is 11.1. The smallest absolute Gasteiger partial charge is 0.000774 e. The second-order valence-electron chi connectivity index (χ2n) is 7.24. The lowest BCUT2D eigenvalue weighted by atomic mass is 9.96. The fourth-order valence-electron chi connectivity index (χ4n) is 4.54. The molecule has 0 radical (unpaired) electrons. The highest BCUT2D eigenvalue weighted by Gasteiger charge is 2.28. The molecule has 0 unspecified atom stereocenters. The van der Waals surface area contributed by atoms with Gasteiger partial charge in [-0.15, -0.1) is 0 Å². The average Bonchev–Trinajstić information content (AvgIpc) is 3.05. The molecule has 0 bridgehead atoms. The van der Waals surface area contributed by atoms with Crippen LogP contribution in [0.1, 0.15) is 38.9 Å². The van der Waals surface area contributed by atoms with Gasteiger partial charge in [0.05, 0.1) is 0 Å². The summed E-state index contributed by atoms with van der Waals surface area (Å²) >= 11 is 0. The summed E-state index contributed by atoms with van der Waals surface area (Å²) in [7, 11) is 0. The summed E-state index contributed by atoms with van der Waals surface area (Å²) in [5, 5.41) is 0. The van der Waals surface area contributed by atoms with Crippen LogP contribution in [0.3, 0.4) is 0 Å². The van der Waals surface area contributed by atoms with Gasteiger partial charge in [-0.05, 0) is 83.7 Å². The maximum absolute atomic E-state index is 2.37. The molecular weight excluding hydrogens is 276 g/mol. The Morgan fingerprint density at radius 2 is 1.26 bits per heavy atom. The van der Waals surface area contributed by atoms with Gasteiger partial charge in [-0.25, -0.2) is 0 Å². The molecule has 3 aromatic rings. The topological polar surface area (TPSA) is 0 Å². The summed E-state index contributed by atoms with van der Waals surface area (Å²) in [5.41, 5.74) is 16.2. The van der Waals surface area contributed by atoms with Crippen molar-refractivity contribution in [3.63, 3.8) is 0 Å². The lowest BCUT2D eigenvalue weighted by Crippen LogP contribution is -1.91. The maximum atomic E-state index is 2.37. The molecular formula is C23H20. The predicted octanol–water partition coefficient (Wildman–Crippen LogP) is 5.75. The normalized spacial score (nSPS) is 13.5. The monoisotopic (exact) mass is 296 g/mol. The van der Waals surface area contributed by atoms with E-state index in [1.807, 2.05) is 0 Å². The third-order valence-electron chi connectivity index (χ3n) is 5.61. The molecule has 0 aliphatic heterocycles. The van der Waals surface area contributed by atoms with E-state index >= 15 is 0 Å². The van der Waals surface area contributed by atoms with Gasteiger partial charge in [0.2, 0.25) is 0 Å². The molecule has 3 aromatic carbocycles. The third kappa shape index (κ3) is 1.72. The molecule has 0 saturated heterocycles. The Bertz CT molecular complexity index is 989. The molecule has 2 aliphatic rings. The van der Waals surface area contributed by atoms with Crippen LogP contribution < -0.4 is 0 Å². The molecule has 0 N–H and O–H groups in total. The largest absolute Gasteiger partial charge is 0.0590 e. The Morgan fingerprint density at radius 3 is 2.09 bits per heavy atom. The van der Waals surface area contributed by atoms with Gasteiger partial charge in [-0.3, -0.25) is 0 Å². The van der Waals surface area contributed by atoms with Crippen molar-refractivity contribution < 1.29 is 0 Å². The van der Waals surface area contributed by atoms with E-state index in [9.17, 15) is 0 Å². The Hall–Kier alpha value is -2.34. The highest BCUT2D eigenvalue weighted by atomic mass is 14.3. The molecule has 0 fully saturated rings. The second kappa shape index (κ2) is 4.35. The zero-order chi connectivity index (χ0) is 15.7. The van der Waals surface area contributed by atoms with E-state index in [0.717, 1.165) is 12.8 Å². The van der Waals surface area contributed by atoms with E-state index in [4.69, 9.17) is 0 Å². The minimum Gasteiger partial charge on any atom is -0.0590 e. The molecule has 2 aliphatic carbocycles. The third-order valence-corrected chi connectivity index (χ3v) is 5.61. The maximum Gasteiger partial charge on any atom is -0.000774 e. The quantitative estimate of drug-likeness (QED) is 0.341. The molecule has 112 valence electrons. The standard InChI is InChI=1S/C23H20/c1-13-4-5-16-11-22-17(20(16)9-13)6-7-18-21-10-14(2)8-15(3)19(21)12-23(18)22/h4-10H,11-12H2,1-3H3. The molecule has 0 heteroatoms. The van der Waals surface area contributed by atoms with Gasteiger partial charge in [-0.2, -0.15) is 0 Å². The average molecular weight is 296 g/mol. The van der Waals surface area contributed by atoms with Gasteiger partial charge in [0.25, 0.3) is 0 Å². The van der Waals surface area contributed by atoms with Crippen LogP contribution >= 0.6 is 0 Å². The molecule has 0 heterocycles. The first kappa shape index (κ1) is 13.1. The summed E-state index contributed by atoms with van der Waals surface area (Å²) in [6, 6.07) is 16.3. The van der Waals surface area contributed by atoms with Crippen LogP contribution in [0.15, 0.2) is 42.5 Å². The molecule has 23 heavy (non-hydrogen) atoms. The minimum atomic E-state index is 1.10. The molecule has 0 amide bonds. The molecule has 0 aromatic heterocycles. The zero-order valence-electron chi connectivity index (χ0n) is 14.0. The fourth-order valence-corrected chi connectivity index (χ4v) is 4.54. The SMILES string of the molecule is Cc1ccc2c(c1)-c1ccc3c(c1C2)Cc1c(C)cc(C)cc1-3.